The van der Waals surface area contributed by atoms with Crippen molar-refractivity contribution in [2.24, 2.45) is 0 Å². The van der Waals surface area contributed by atoms with E-state index in [1.54, 1.807) is 7.11 Å². The first-order valence-electron chi connectivity index (χ1n) is 3.98. The largest absolute Gasteiger partial charge is 0.495 e. The van der Waals surface area contributed by atoms with Crippen LogP contribution in [0.3, 0.4) is 0 Å². The predicted octanol–water partition coefficient (Wildman–Crippen LogP) is 2.70. The van der Waals surface area contributed by atoms with Crippen LogP contribution in [0.1, 0.15) is 19.4 Å². The van der Waals surface area contributed by atoms with E-state index in [2.05, 4.69) is 5.92 Å². The Bertz CT molecular complexity index is 258. The van der Waals surface area contributed by atoms with E-state index in [1.807, 2.05) is 38.1 Å². The van der Waals surface area contributed by atoms with Crippen LogP contribution in [-0.4, -0.2) is 7.11 Å². The van der Waals surface area contributed by atoms with Crippen LogP contribution in [0, 0.1) is 12.3 Å². The van der Waals surface area contributed by atoms with Crippen LogP contribution >= 0.6 is 0 Å². The van der Waals surface area contributed by atoms with Crippen molar-refractivity contribution in [2.45, 2.75) is 13.8 Å². The minimum absolute atomic E-state index is 0.755. The molecule has 0 bridgehead atoms. The molecule has 0 unspecified atom stereocenters. The molecule has 1 nitrogen and oxygen atoms in total. The summed E-state index contributed by atoms with van der Waals surface area (Å²) in [5.74, 6) is 3.28. The number of para-hydroxylation sites is 1. The lowest BCUT2D eigenvalue weighted by Crippen LogP contribution is -1.85. The van der Waals surface area contributed by atoms with Gasteiger partial charge in [0.15, 0.2) is 0 Å². The van der Waals surface area contributed by atoms with Gasteiger partial charge in [0.25, 0.3) is 0 Å². The lowest BCUT2D eigenvalue weighted by atomic mass is 10.2. The summed E-state index contributed by atoms with van der Waals surface area (Å²) >= 11 is 0. The zero-order valence-electron chi connectivity index (χ0n) is 7.79. The van der Waals surface area contributed by atoms with Crippen molar-refractivity contribution in [2.75, 3.05) is 7.11 Å². The van der Waals surface area contributed by atoms with Crippen LogP contribution in [0.15, 0.2) is 24.3 Å². The first-order valence-corrected chi connectivity index (χ1v) is 3.98. The topological polar surface area (TPSA) is 9.23 Å². The summed E-state index contributed by atoms with van der Waals surface area (Å²) in [5.41, 5.74) is 0.796. The Morgan fingerprint density at radius 2 is 1.83 bits per heavy atom. The number of methoxy groups -OCH3 is 1. The molecule has 0 amide bonds. The van der Waals surface area contributed by atoms with Crippen molar-refractivity contribution in [3.63, 3.8) is 0 Å². The Morgan fingerprint density at radius 3 is 2.25 bits per heavy atom. The minimum Gasteiger partial charge on any atom is -0.495 e. The van der Waals surface area contributed by atoms with Gasteiger partial charge in [-0.3, -0.25) is 0 Å². The molecule has 0 radical (unpaired) electrons. The highest BCUT2D eigenvalue weighted by atomic mass is 16.5. The average Bonchev–Trinajstić information content (AvgIpc) is 2.20. The average molecular weight is 162 g/mol. The Hall–Kier alpha value is -1.42. The van der Waals surface area contributed by atoms with Gasteiger partial charge in [-0.25, -0.2) is 0 Å². The van der Waals surface area contributed by atoms with Crippen molar-refractivity contribution in [1.82, 2.24) is 0 Å². The van der Waals surface area contributed by atoms with Gasteiger partial charge in [0.2, 0.25) is 0 Å². The molecule has 0 saturated heterocycles. The van der Waals surface area contributed by atoms with E-state index in [-0.39, 0.29) is 0 Å². The maximum absolute atomic E-state index is 5.20. The molecule has 1 heteroatoms. The Morgan fingerprint density at radius 1 is 1.25 bits per heavy atom. The predicted molar refractivity (Wildman–Crippen MR) is 52.3 cm³/mol. The summed E-state index contributed by atoms with van der Waals surface area (Å²) in [7, 11) is 1.61. The highest BCUT2D eigenvalue weighted by molar-refractivity contribution is 5.44. The summed E-state index contributed by atoms with van der Waals surface area (Å²) < 4.78 is 4.99. The van der Waals surface area contributed by atoms with Gasteiger partial charge in [-0.15, -0.1) is 6.42 Å². The minimum atomic E-state index is 0.755. The summed E-state index contributed by atoms with van der Waals surface area (Å²) in [5, 5.41) is 0. The molecule has 0 spiro atoms. The van der Waals surface area contributed by atoms with E-state index in [9.17, 15) is 0 Å². The highest BCUT2D eigenvalue weighted by Gasteiger charge is 1.94. The molecule has 0 aliphatic heterocycles. The molecule has 0 aliphatic carbocycles. The molecule has 0 saturated carbocycles. The molecule has 0 aliphatic rings. The SMILES string of the molecule is C#Cc1ccccc1OC.CC. The van der Waals surface area contributed by atoms with Crippen molar-refractivity contribution in [3.8, 4) is 18.1 Å². The second-order valence-corrected chi connectivity index (χ2v) is 1.84. The molecule has 1 rings (SSSR count). The van der Waals surface area contributed by atoms with E-state index in [0.717, 1.165) is 11.3 Å². The molecule has 0 aromatic heterocycles. The van der Waals surface area contributed by atoms with Crippen molar-refractivity contribution in [3.05, 3.63) is 29.8 Å². The van der Waals surface area contributed by atoms with Crippen LogP contribution < -0.4 is 4.74 Å². The van der Waals surface area contributed by atoms with Crippen LogP contribution in [-0.2, 0) is 0 Å². The number of benzene rings is 1. The first kappa shape index (κ1) is 10.6. The fourth-order valence-corrected chi connectivity index (χ4v) is 0.764. The smallest absolute Gasteiger partial charge is 0.134 e. The van der Waals surface area contributed by atoms with Gasteiger partial charge < -0.3 is 4.74 Å². The van der Waals surface area contributed by atoms with Crippen LogP contribution in [0.25, 0.3) is 0 Å². The van der Waals surface area contributed by atoms with Gasteiger partial charge in [-0.05, 0) is 12.1 Å². The molecule has 0 heterocycles. The molecule has 0 atom stereocenters. The van der Waals surface area contributed by atoms with E-state index in [1.165, 1.54) is 0 Å². The Balaban J connectivity index is 0.000000561. The normalized spacial score (nSPS) is 7.50. The fourth-order valence-electron chi connectivity index (χ4n) is 0.764. The maximum atomic E-state index is 5.20. The maximum Gasteiger partial charge on any atom is 0.134 e. The van der Waals surface area contributed by atoms with Crippen molar-refractivity contribution < 1.29 is 4.74 Å². The zero-order chi connectivity index (χ0) is 9.40. The lowest BCUT2D eigenvalue weighted by molar-refractivity contribution is 0.413. The number of ether oxygens (including phenoxy) is 1. The zero-order valence-corrected chi connectivity index (χ0v) is 7.79. The first-order chi connectivity index (χ1) is 5.88. The van der Waals surface area contributed by atoms with Crippen LogP contribution in [0.2, 0.25) is 0 Å². The van der Waals surface area contributed by atoms with E-state index < -0.39 is 0 Å². The van der Waals surface area contributed by atoms with Gasteiger partial charge in [-0.1, -0.05) is 31.9 Å². The van der Waals surface area contributed by atoms with Crippen molar-refractivity contribution >= 4 is 0 Å². The van der Waals surface area contributed by atoms with E-state index >= 15 is 0 Å². The highest BCUT2D eigenvalue weighted by Crippen LogP contribution is 2.14. The summed E-state index contributed by atoms with van der Waals surface area (Å²) in [6, 6.07) is 7.46. The lowest BCUT2D eigenvalue weighted by Gasteiger charge is -1.99. The van der Waals surface area contributed by atoms with Gasteiger partial charge >= 0.3 is 0 Å². The summed E-state index contributed by atoms with van der Waals surface area (Å²) in [6.45, 7) is 4.00. The molecule has 0 N–H and O–H groups in total. The number of terminal acetylenes is 1. The summed E-state index contributed by atoms with van der Waals surface area (Å²) in [6.07, 6.45) is 5.20. The Kier molecular flexibility index (Phi) is 5.55. The number of hydrogen-bond donors (Lipinski definition) is 0. The van der Waals surface area contributed by atoms with Gasteiger partial charge in [0.05, 0.1) is 12.7 Å². The van der Waals surface area contributed by atoms with Gasteiger partial charge in [0.1, 0.15) is 5.75 Å². The molecule has 12 heavy (non-hydrogen) atoms. The Labute approximate surface area is 74.4 Å². The van der Waals surface area contributed by atoms with Crippen molar-refractivity contribution in [1.29, 1.82) is 0 Å². The molecule has 64 valence electrons. The molecule has 0 fully saturated rings. The third kappa shape index (κ3) is 2.67. The standard InChI is InChI=1S/C9H8O.C2H6/c1-3-8-6-4-5-7-9(8)10-2;1-2/h1,4-7H,2H3;1-2H3. The molecular weight excluding hydrogens is 148 g/mol. The van der Waals surface area contributed by atoms with Gasteiger partial charge in [-0.2, -0.15) is 0 Å². The second kappa shape index (κ2) is 6.30. The second-order valence-electron chi connectivity index (χ2n) is 1.84. The number of rotatable bonds is 1. The summed E-state index contributed by atoms with van der Waals surface area (Å²) in [4.78, 5) is 0. The quantitative estimate of drug-likeness (QED) is 0.577. The monoisotopic (exact) mass is 162 g/mol. The van der Waals surface area contributed by atoms with Gasteiger partial charge in [0, 0.05) is 0 Å². The van der Waals surface area contributed by atoms with Crippen LogP contribution in [0.5, 0.6) is 5.75 Å². The molecule has 1 aromatic rings. The molecule has 1 aromatic carbocycles. The van der Waals surface area contributed by atoms with E-state index in [0.29, 0.717) is 0 Å². The molecular formula is C11H14O. The third-order valence-corrected chi connectivity index (χ3v) is 1.26. The fraction of sp³-hybridized carbons (Fsp3) is 0.273. The van der Waals surface area contributed by atoms with Crippen LogP contribution in [0.4, 0.5) is 0 Å². The van der Waals surface area contributed by atoms with E-state index in [4.69, 9.17) is 11.2 Å². The number of hydrogen-bond acceptors (Lipinski definition) is 1. The third-order valence-electron chi connectivity index (χ3n) is 1.26.